The molecule has 0 fully saturated rings. The van der Waals surface area contributed by atoms with Gasteiger partial charge in [0.1, 0.15) is 13.2 Å². The van der Waals surface area contributed by atoms with E-state index in [-0.39, 0.29) is 44.0 Å². The highest BCUT2D eigenvalue weighted by Gasteiger charge is 2.19. The maximum Gasteiger partial charge on any atom is 0.306 e. The highest BCUT2D eigenvalue weighted by molar-refractivity contribution is 5.71. The van der Waals surface area contributed by atoms with Crippen molar-refractivity contribution >= 4 is 17.9 Å². The normalized spacial score (nSPS) is 13.1. The van der Waals surface area contributed by atoms with Crippen LogP contribution in [0.2, 0.25) is 0 Å². The summed E-state index contributed by atoms with van der Waals surface area (Å²) in [5, 5.41) is 0. The van der Waals surface area contributed by atoms with E-state index >= 15 is 0 Å². The molecule has 0 amide bonds. The fourth-order valence-corrected chi connectivity index (χ4v) is 6.24. The van der Waals surface area contributed by atoms with E-state index in [2.05, 4.69) is 136 Å². The van der Waals surface area contributed by atoms with Crippen molar-refractivity contribution in [2.24, 2.45) is 0 Å². The molecule has 0 N–H and O–H groups in total. The molecule has 0 spiro atoms. The Bertz CT molecular complexity index is 1370. The number of carbonyl (C=O) groups excluding carboxylic acids is 3. The molecule has 0 aromatic rings. The fourth-order valence-electron chi connectivity index (χ4n) is 6.24. The minimum atomic E-state index is -0.833. The van der Waals surface area contributed by atoms with Gasteiger partial charge in [-0.25, -0.2) is 0 Å². The van der Waals surface area contributed by atoms with E-state index in [1.807, 2.05) is 6.08 Å². The van der Waals surface area contributed by atoms with Gasteiger partial charge in [0.25, 0.3) is 0 Å². The Morgan fingerprint density at radius 3 is 1.06 bits per heavy atom. The molecule has 0 aliphatic carbocycles. The lowest BCUT2D eigenvalue weighted by Gasteiger charge is -2.18. The second-order valence-electron chi connectivity index (χ2n) is 16.0. The molecule has 0 aromatic carbocycles. The Morgan fingerprint density at radius 2 is 0.651 bits per heavy atom. The second kappa shape index (κ2) is 50.5. The lowest BCUT2D eigenvalue weighted by molar-refractivity contribution is -0.166. The molecule has 0 bridgehead atoms. The number of allylic oxidation sites excluding steroid dienone is 20. The van der Waals surface area contributed by atoms with E-state index in [0.29, 0.717) is 19.3 Å². The molecule has 6 heteroatoms. The van der Waals surface area contributed by atoms with Gasteiger partial charge in [-0.3, -0.25) is 14.4 Å². The molecule has 1 atom stereocenters. The highest BCUT2D eigenvalue weighted by Crippen LogP contribution is 2.11. The molecule has 1 unspecified atom stereocenters. The molecule has 0 rings (SSSR count). The van der Waals surface area contributed by atoms with E-state index < -0.39 is 6.10 Å². The molecule has 0 aliphatic heterocycles. The second-order valence-corrected chi connectivity index (χ2v) is 16.0. The lowest BCUT2D eigenvalue weighted by atomic mass is 10.1. The number of hydrogen-bond donors (Lipinski definition) is 0. The van der Waals surface area contributed by atoms with Crippen molar-refractivity contribution < 1.29 is 28.6 Å². The maximum atomic E-state index is 12.8. The molecule has 0 saturated carbocycles. The summed E-state index contributed by atoms with van der Waals surface area (Å²) in [5.74, 6) is -1.07. The van der Waals surface area contributed by atoms with Gasteiger partial charge in [-0.1, -0.05) is 187 Å². The molecule has 0 aromatic heterocycles. The Morgan fingerprint density at radius 1 is 0.333 bits per heavy atom. The van der Waals surface area contributed by atoms with Crippen molar-refractivity contribution in [3.05, 3.63) is 122 Å². The van der Waals surface area contributed by atoms with Gasteiger partial charge in [0.15, 0.2) is 6.10 Å². The summed E-state index contributed by atoms with van der Waals surface area (Å²) in [6.07, 6.45) is 69.1. The summed E-state index contributed by atoms with van der Waals surface area (Å²) in [6, 6.07) is 0. The number of hydrogen-bond acceptors (Lipinski definition) is 6. The van der Waals surface area contributed by atoms with Gasteiger partial charge in [-0.2, -0.15) is 0 Å². The first-order valence-corrected chi connectivity index (χ1v) is 25.0. The van der Waals surface area contributed by atoms with Crippen molar-refractivity contribution in [2.45, 2.75) is 207 Å². The summed E-state index contributed by atoms with van der Waals surface area (Å²) in [6.45, 7) is 6.27. The minimum Gasteiger partial charge on any atom is -0.462 e. The fraction of sp³-hybridized carbons (Fsp3) is 0.596. The zero-order valence-corrected chi connectivity index (χ0v) is 40.3. The number of rotatable bonds is 43. The standard InChI is InChI=1S/C57H90O6/c1-4-7-10-13-16-19-22-25-27-29-32-35-38-41-44-47-50-56(59)62-53-54(52-61-55(58)49-46-43-40-37-34-31-24-21-18-15-12-9-6-3)63-57(60)51-48-45-42-39-36-33-30-28-26-23-20-17-14-11-8-5-2/h7-8,10-11,16-17,19-20,25-28,31-36,40,43,54H,4-6,9,12-15,18,21-24,29-30,37-39,41-42,44-53H2,1-3H3/b10-7-,11-8-,19-16-,20-17-,27-25-,28-26-,34-31-,35-32-,36-33-,43-40-. The third-order valence-electron chi connectivity index (χ3n) is 9.94. The number of ether oxygens (including phenoxy) is 3. The zero-order valence-electron chi connectivity index (χ0n) is 40.3. The van der Waals surface area contributed by atoms with Gasteiger partial charge < -0.3 is 14.2 Å². The van der Waals surface area contributed by atoms with Crippen LogP contribution in [-0.4, -0.2) is 37.2 Å². The van der Waals surface area contributed by atoms with Crippen molar-refractivity contribution in [3.63, 3.8) is 0 Å². The molecule has 0 aliphatic rings. The lowest BCUT2D eigenvalue weighted by Crippen LogP contribution is -2.30. The Balaban J connectivity index is 4.59. The van der Waals surface area contributed by atoms with Crippen LogP contribution < -0.4 is 0 Å². The molecular weight excluding hydrogens is 781 g/mol. The summed E-state index contributed by atoms with van der Waals surface area (Å²) in [5.41, 5.74) is 0. The first-order chi connectivity index (χ1) is 31.0. The van der Waals surface area contributed by atoms with Crippen molar-refractivity contribution in [2.75, 3.05) is 13.2 Å². The van der Waals surface area contributed by atoms with Gasteiger partial charge in [0.05, 0.1) is 0 Å². The minimum absolute atomic E-state index is 0.128. The van der Waals surface area contributed by atoms with Crippen LogP contribution in [0.1, 0.15) is 201 Å². The highest BCUT2D eigenvalue weighted by atomic mass is 16.6. The van der Waals surface area contributed by atoms with Gasteiger partial charge in [-0.15, -0.1) is 0 Å². The molecule has 0 saturated heterocycles. The van der Waals surface area contributed by atoms with Crippen LogP contribution in [0.15, 0.2) is 122 Å². The van der Waals surface area contributed by atoms with E-state index in [9.17, 15) is 14.4 Å². The first-order valence-electron chi connectivity index (χ1n) is 25.0. The molecular formula is C57H90O6. The third kappa shape index (κ3) is 48.7. The smallest absolute Gasteiger partial charge is 0.306 e. The van der Waals surface area contributed by atoms with E-state index in [0.717, 1.165) is 109 Å². The average Bonchev–Trinajstić information content (AvgIpc) is 3.28. The van der Waals surface area contributed by atoms with Crippen LogP contribution >= 0.6 is 0 Å². The van der Waals surface area contributed by atoms with Crippen molar-refractivity contribution in [1.82, 2.24) is 0 Å². The third-order valence-corrected chi connectivity index (χ3v) is 9.94. The topological polar surface area (TPSA) is 78.9 Å². The van der Waals surface area contributed by atoms with Crippen LogP contribution in [0.3, 0.4) is 0 Å². The molecule has 0 heterocycles. The summed E-state index contributed by atoms with van der Waals surface area (Å²) < 4.78 is 16.7. The molecule has 63 heavy (non-hydrogen) atoms. The van der Waals surface area contributed by atoms with E-state index in [4.69, 9.17) is 14.2 Å². The predicted molar refractivity (Wildman–Crippen MR) is 269 cm³/mol. The van der Waals surface area contributed by atoms with Crippen LogP contribution in [0.5, 0.6) is 0 Å². The molecule has 6 nitrogen and oxygen atoms in total. The monoisotopic (exact) mass is 871 g/mol. The largest absolute Gasteiger partial charge is 0.462 e. The van der Waals surface area contributed by atoms with Gasteiger partial charge >= 0.3 is 17.9 Å². The van der Waals surface area contributed by atoms with Crippen LogP contribution in [0.25, 0.3) is 0 Å². The zero-order chi connectivity index (χ0) is 45.8. The van der Waals surface area contributed by atoms with E-state index in [1.165, 1.54) is 38.5 Å². The van der Waals surface area contributed by atoms with Gasteiger partial charge in [0, 0.05) is 19.3 Å². The predicted octanol–water partition coefficient (Wildman–Crippen LogP) is 16.5. The van der Waals surface area contributed by atoms with Crippen LogP contribution in [-0.2, 0) is 28.6 Å². The van der Waals surface area contributed by atoms with E-state index in [1.54, 1.807) is 0 Å². The molecule has 0 radical (unpaired) electrons. The molecule has 354 valence electrons. The van der Waals surface area contributed by atoms with Crippen LogP contribution in [0.4, 0.5) is 0 Å². The van der Waals surface area contributed by atoms with Crippen molar-refractivity contribution in [1.29, 1.82) is 0 Å². The SMILES string of the molecule is CC/C=C\C/C=C\C/C=C\C/C=C\CCCCCC(=O)OCC(COC(=O)CC/C=C\C/C=C\CCCCCCCC)OC(=O)CCCCC/C=C\C/C=C\C/C=C\C/C=C\CC. The summed E-state index contributed by atoms with van der Waals surface area (Å²) in [7, 11) is 0. The van der Waals surface area contributed by atoms with Crippen molar-refractivity contribution in [3.8, 4) is 0 Å². The average molecular weight is 871 g/mol. The Hall–Kier alpha value is -4.19. The number of unbranched alkanes of at least 4 members (excludes halogenated alkanes) is 12. The number of carbonyl (C=O) groups is 3. The first kappa shape index (κ1) is 58.8. The Labute approximate surface area is 386 Å². The quantitative estimate of drug-likeness (QED) is 0.0263. The summed E-state index contributed by atoms with van der Waals surface area (Å²) in [4.78, 5) is 37.9. The van der Waals surface area contributed by atoms with Gasteiger partial charge in [0.2, 0.25) is 0 Å². The van der Waals surface area contributed by atoms with Gasteiger partial charge in [-0.05, 0) is 116 Å². The van der Waals surface area contributed by atoms with Crippen LogP contribution in [0, 0.1) is 0 Å². The maximum absolute atomic E-state index is 12.8. The number of esters is 3. The Kier molecular flexibility index (Phi) is 47.1. The summed E-state index contributed by atoms with van der Waals surface area (Å²) >= 11 is 0.